The number of thiophene rings is 1. The standard InChI is InChI=1S/C50H29NO2S/c1-3-14-32-30(12-1)26-28-37-46-35(18-9-22-42(46)52-49(32)37)34-16-5-7-19-39(34)51(41-21-11-25-45-48(41)36-17-6-8-24-44(36)54-45)40-20-10-23-43-47(40)38-29-27-31-13-2-4-15-33(31)50(38)53-43/h1-29H. The summed E-state index contributed by atoms with van der Waals surface area (Å²) in [6.45, 7) is 0. The predicted molar refractivity (Wildman–Crippen MR) is 229 cm³/mol. The van der Waals surface area contributed by atoms with Crippen LogP contribution in [0.15, 0.2) is 185 Å². The first-order chi connectivity index (χ1) is 26.8. The lowest BCUT2D eigenvalue weighted by molar-refractivity contribution is 0.672. The highest BCUT2D eigenvalue weighted by atomic mass is 32.1. The minimum absolute atomic E-state index is 0.860. The molecule has 0 amide bonds. The van der Waals surface area contributed by atoms with Gasteiger partial charge in [0.2, 0.25) is 0 Å². The topological polar surface area (TPSA) is 29.5 Å². The Balaban J connectivity index is 1.21. The van der Waals surface area contributed by atoms with Crippen molar-refractivity contribution in [3.63, 3.8) is 0 Å². The van der Waals surface area contributed by atoms with Gasteiger partial charge in [-0.25, -0.2) is 0 Å². The molecule has 0 unspecified atom stereocenters. The van der Waals surface area contributed by atoms with E-state index in [1.807, 2.05) is 11.3 Å². The minimum atomic E-state index is 0.860. The number of anilines is 3. The van der Waals surface area contributed by atoms with Crippen LogP contribution in [-0.4, -0.2) is 0 Å². The van der Waals surface area contributed by atoms with Crippen LogP contribution in [0.2, 0.25) is 0 Å². The van der Waals surface area contributed by atoms with Gasteiger partial charge < -0.3 is 13.7 Å². The van der Waals surface area contributed by atoms with Gasteiger partial charge in [0.15, 0.2) is 0 Å². The first-order valence-electron chi connectivity index (χ1n) is 18.3. The van der Waals surface area contributed by atoms with Crippen molar-refractivity contribution >= 4 is 114 Å². The van der Waals surface area contributed by atoms with Gasteiger partial charge in [-0.05, 0) is 70.9 Å². The maximum Gasteiger partial charge on any atom is 0.143 e. The van der Waals surface area contributed by atoms with Gasteiger partial charge in [-0.2, -0.15) is 0 Å². The van der Waals surface area contributed by atoms with Gasteiger partial charge in [-0.3, -0.25) is 0 Å². The first kappa shape index (κ1) is 29.7. The van der Waals surface area contributed by atoms with Gasteiger partial charge in [-0.1, -0.05) is 121 Å². The summed E-state index contributed by atoms with van der Waals surface area (Å²) in [6, 6.07) is 63.0. The first-order valence-corrected chi connectivity index (χ1v) is 19.1. The van der Waals surface area contributed by atoms with E-state index in [0.29, 0.717) is 0 Å². The molecule has 54 heavy (non-hydrogen) atoms. The van der Waals surface area contributed by atoms with Crippen LogP contribution in [0.4, 0.5) is 17.1 Å². The number of fused-ring (bicyclic) bond motifs is 13. The third kappa shape index (κ3) is 4.17. The lowest BCUT2D eigenvalue weighted by atomic mass is 9.95. The fourth-order valence-corrected chi connectivity index (χ4v) is 9.85. The van der Waals surface area contributed by atoms with Crippen LogP contribution in [0.3, 0.4) is 0 Å². The average molecular weight is 708 g/mol. The minimum Gasteiger partial charge on any atom is -0.455 e. The molecule has 12 aromatic rings. The third-order valence-electron chi connectivity index (χ3n) is 11.0. The number of hydrogen-bond acceptors (Lipinski definition) is 4. The van der Waals surface area contributed by atoms with Crippen LogP contribution < -0.4 is 4.90 Å². The van der Waals surface area contributed by atoms with Crippen molar-refractivity contribution in [3.05, 3.63) is 176 Å². The summed E-state index contributed by atoms with van der Waals surface area (Å²) in [5.74, 6) is 0. The van der Waals surface area contributed by atoms with E-state index in [4.69, 9.17) is 8.83 Å². The van der Waals surface area contributed by atoms with Crippen molar-refractivity contribution in [2.45, 2.75) is 0 Å². The lowest BCUT2D eigenvalue weighted by Crippen LogP contribution is -2.12. The zero-order valence-corrected chi connectivity index (χ0v) is 29.7. The van der Waals surface area contributed by atoms with E-state index in [1.165, 1.54) is 25.6 Å². The van der Waals surface area contributed by atoms with Gasteiger partial charge in [0.1, 0.15) is 22.3 Å². The highest BCUT2D eigenvalue weighted by Crippen LogP contribution is 2.51. The normalized spacial score (nSPS) is 12.1. The van der Waals surface area contributed by atoms with Crippen molar-refractivity contribution in [2.75, 3.05) is 4.90 Å². The second-order valence-electron chi connectivity index (χ2n) is 14.0. The smallest absolute Gasteiger partial charge is 0.143 e. The van der Waals surface area contributed by atoms with Gasteiger partial charge in [-0.15, -0.1) is 11.3 Å². The molecule has 0 aliphatic heterocycles. The number of nitrogens with zero attached hydrogens (tertiary/aromatic N) is 1. The van der Waals surface area contributed by atoms with E-state index in [2.05, 4.69) is 181 Å². The van der Waals surface area contributed by atoms with Gasteiger partial charge >= 0.3 is 0 Å². The Labute approximate surface area is 313 Å². The maximum absolute atomic E-state index is 6.78. The van der Waals surface area contributed by atoms with Crippen molar-refractivity contribution in [1.29, 1.82) is 0 Å². The van der Waals surface area contributed by atoms with Crippen molar-refractivity contribution < 1.29 is 8.83 Å². The molecule has 0 bridgehead atoms. The van der Waals surface area contributed by atoms with Crippen LogP contribution in [0.5, 0.6) is 0 Å². The summed E-state index contributed by atoms with van der Waals surface area (Å²) in [6.07, 6.45) is 0. The SMILES string of the molecule is c1ccc(N(c2cccc3oc4c5ccccc5ccc4c23)c2cccc3sc4ccccc4c23)c(-c2cccc3oc4c5ccccc5ccc4c23)c1. The Hall–Kier alpha value is -6.88. The molecule has 0 aliphatic rings. The lowest BCUT2D eigenvalue weighted by Gasteiger charge is -2.29. The molecule has 0 saturated heterocycles. The molecule has 4 heteroatoms. The summed E-state index contributed by atoms with van der Waals surface area (Å²) in [5, 5.41) is 11.5. The molecule has 0 fully saturated rings. The summed E-state index contributed by atoms with van der Waals surface area (Å²) in [7, 11) is 0. The second kappa shape index (κ2) is 11.3. The highest BCUT2D eigenvalue weighted by Gasteiger charge is 2.26. The summed E-state index contributed by atoms with van der Waals surface area (Å²) in [4.78, 5) is 2.47. The van der Waals surface area contributed by atoms with Gasteiger partial charge in [0.05, 0.1) is 22.4 Å². The van der Waals surface area contributed by atoms with E-state index in [1.54, 1.807) is 0 Å². The molecule has 3 heterocycles. The molecule has 3 nitrogen and oxygen atoms in total. The molecule has 3 aromatic heterocycles. The van der Waals surface area contributed by atoms with Crippen LogP contribution in [-0.2, 0) is 0 Å². The van der Waals surface area contributed by atoms with E-state index in [9.17, 15) is 0 Å². The van der Waals surface area contributed by atoms with Crippen LogP contribution in [0, 0.1) is 0 Å². The van der Waals surface area contributed by atoms with Crippen LogP contribution in [0.1, 0.15) is 0 Å². The average Bonchev–Trinajstić information content (AvgIpc) is 3.93. The third-order valence-corrected chi connectivity index (χ3v) is 12.2. The molecule has 12 rings (SSSR count). The number of furan rings is 2. The fraction of sp³-hybridized carbons (Fsp3) is 0. The Kier molecular flexibility index (Phi) is 6.21. The molecule has 9 aromatic carbocycles. The second-order valence-corrected chi connectivity index (χ2v) is 15.0. The molecule has 0 N–H and O–H groups in total. The number of hydrogen-bond donors (Lipinski definition) is 0. The molecule has 0 atom stereocenters. The fourth-order valence-electron chi connectivity index (χ4n) is 8.73. The summed E-state index contributed by atoms with van der Waals surface area (Å²) >= 11 is 1.84. The van der Waals surface area contributed by atoms with E-state index >= 15 is 0 Å². The highest BCUT2D eigenvalue weighted by molar-refractivity contribution is 7.26. The van der Waals surface area contributed by atoms with E-state index in [0.717, 1.165) is 88.2 Å². The van der Waals surface area contributed by atoms with Crippen LogP contribution >= 0.6 is 11.3 Å². The zero-order valence-electron chi connectivity index (χ0n) is 28.9. The van der Waals surface area contributed by atoms with Gasteiger partial charge in [0.25, 0.3) is 0 Å². The molecular formula is C50H29NO2S. The Morgan fingerprint density at radius 3 is 1.61 bits per heavy atom. The van der Waals surface area contributed by atoms with Gasteiger partial charge in [0, 0.05) is 52.7 Å². The zero-order chi connectivity index (χ0) is 35.3. The van der Waals surface area contributed by atoms with Crippen LogP contribution in [0.25, 0.3) is 96.7 Å². The summed E-state index contributed by atoms with van der Waals surface area (Å²) in [5.41, 5.74) is 9.06. The van der Waals surface area contributed by atoms with Crippen molar-refractivity contribution in [3.8, 4) is 11.1 Å². The molecule has 0 saturated carbocycles. The maximum atomic E-state index is 6.78. The Morgan fingerprint density at radius 2 is 0.852 bits per heavy atom. The van der Waals surface area contributed by atoms with Crippen molar-refractivity contribution in [1.82, 2.24) is 0 Å². The monoisotopic (exact) mass is 707 g/mol. The van der Waals surface area contributed by atoms with E-state index in [-0.39, 0.29) is 0 Å². The summed E-state index contributed by atoms with van der Waals surface area (Å²) < 4.78 is 16.0. The molecule has 0 radical (unpaired) electrons. The molecule has 0 aliphatic carbocycles. The molecule has 0 spiro atoms. The predicted octanol–water partition coefficient (Wildman–Crippen LogP) is 15.3. The quantitative estimate of drug-likeness (QED) is 0.182. The molecule has 252 valence electrons. The number of para-hydroxylation sites is 1. The Morgan fingerprint density at radius 1 is 0.333 bits per heavy atom. The molecular weight excluding hydrogens is 679 g/mol. The Bertz CT molecular complexity index is 3470. The van der Waals surface area contributed by atoms with Crippen molar-refractivity contribution in [2.24, 2.45) is 0 Å². The number of rotatable bonds is 4. The largest absolute Gasteiger partial charge is 0.455 e. The van der Waals surface area contributed by atoms with E-state index < -0.39 is 0 Å². The number of benzene rings is 9.